The van der Waals surface area contributed by atoms with Gasteiger partial charge in [0.2, 0.25) is 0 Å². The molecule has 0 amide bonds. The number of hydrogen-bond donors (Lipinski definition) is 0. The highest BCUT2D eigenvalue weighted by atomic mass is 79.9. The van der Waals surface area contributed by atoms with Crippen LogP contribution in [0.15, 0.2) is 23.0 Å². The van der Waals surface area contributed by atoms with Crippen molar-refractivity contribution in [3.05, 3.63) is 24.2 Å². The molecule has 1 fully saturated rings. The summed E-state index contributed by atoms with van der Waals surface area (Å²) in [5, 5.41) is 0. The van der Waals surface area contributed by atoms with Crippen LogP contribution in [0.3, 0.4) is 0 Å². The second-order valence-corrected chi connectivity index (χ2v) is 13.6. The number of hydrogen-bond acceptors (Lipinski definition) is 5. The predicted octanol–water partition coefficient (Wildman–Crippen LogP) is 4.02. The zero-order chi connectivity index (χ0) is 18.2. The summed E-state index contributed by atoms with van der Waals surface area (Å²) < 4.78 is 16.3. The first-order valence-electron chi connectivity index (χ1n) is 8.13. The minimum absolute atomic E-state index is 0.0162. The van der Waals surface area contributed by atoms with Crippen LogP contribution in [-0.4, -0.2) is 31.0 Å². The highest BCUT2D eigenvalue weighted by Gasteiger charge is 2.58. The van der Waals surface area contributed by atoms with Crippen molar-refractivity contribution < 1.29 is 23.2 Å². The number of Topliss-reactive ketones (excluding diaryl/α,β-unsaturated/α-hetero) is 1. The summed E-state index contributed by atoms with van der Waals surface area (Å²) in [4.78, 5) is 25.5. The average molecular weight is 417 g/mol. The SMILES string of the molecule is CCOC(=O)[C@@H]1C[C@](C)(Br)C(=O)C[C@@]1(O[Si](C)(C)C)c1ccoc1. The first-order chi connectivity index (χ1) is 11.0. The number of alkyl halides is 1. The summed E-state index contributed by atoms with van der Waals surface area (Å²) in [6, 6.07) is 1.77. The minimum Gasteiger partial charge on any atom is -0.472 e. The molecule has 0 bridgehead atoms. The number of carbonyl (C=O) groups excluding carboxylic acids is 2. The fourth-order valence-corrected chi connectivity index (χ4v) is 5.13. The lowest BCUT2D eigenvalue weighted by Crippen LogP contribution is -2.57. The van der Waals surface area contributed by atoms with Gasteiger partial charge in [0.05, 0.1) is 29.4 Å². The normalized spacial score (nSPS) is 31.1. The van der Waals surface area contributed by atoms with E-state index in [1.807, 2.05) is 19.6 Å². The van der Waals surface area contributed by atoms with Crippen molar-refractivity contribution in [2.45, 2.75) is 56.3 Å². The van der Waals surface area contributed by atoms with Gasteiger partial charge in [-0.2, -0.15) is 0 Å². The Balaban J connectivity index is 2.58. The molecule has 0 saturated heterocycles. The summed E-state index contributed by atoms with van der Waals surface area (Å²) in [5.74, 6) is -0.901. The molecule has 3 atom stereocenters. The predicted molar refractivity (Wildman–Crippen MR) is 96.5 cm³/mol. The van der Waals surface area contributed by atoms with Gasteiger partial charge in [-0.25, -0.2) is 0 Å². The monoisotopic (exact) mass is 416 g/mol. The quantitative estimate of drug-likeness (QED) is 0.411. The van der Waals surface area contributed by atoms with E-state index in [-0.39, 0.29) is 24.8 Å². The Hall–Kier alpha value is -0.923. The highest BCUT2D eigenvalue weighted by molar-refractivity contribution is 9.10. The number of halogens is 1. The van der Waals surface area contributed by atoms with Gasteiger partial charge >= 0.3 is 5.97 Å². The van der Waals surface area contributed by atoms with Crippen molar-refractivity contribution in [2.75, 3.05) is 6.61 Å². The molecule has 1 heterocycles. The number of ketones is 1. The number of ether oxygens (including phenoxy) is 1. The molecule has 0 spiro atoms. The molecule has 1 aromatic heterocycles. The lowest BCUT2D eigenvalue weighted by atomic mass is 9.68. The fourth-order valence-electron chi connectivity index (χ4n) is 3.25. The van der Waals surface area contributed by atoms with Crippen LogP contribution in [0.1, 0.15) is 32.3 Å². The van der Waals surface area contributed by atoms with Gasteiger partial charge in [-0.1, -0.05) is 15.9 Å². The maximum Gasteiger partial charge on any atom is 0.312 e. The Labute approximate surface area is 152 Å². The minimum atomic E-state index is -2.08. The van der Waals surface area contributed by atoms with Gasteiger partial charge in [0.1, 0.15) is 5.60 Å². The molecule has 24 heavy (non-hydrogen) atoms. The van der Waals surface area contributed by atoms with Gasteiger partial charge in [-0.3, -0.25) is 9.59 Å². The van der Waals surface area contributed by atoms with Gasteiger partial charge in [-0.15, -0.1) is 0 Å². The van der Waals surface area contributed by atoms with E-state index >= 15 is 0 Å². The second kappa shape index (κ2) is 6.76. The molecule has 1 aromatic rings. The van der Waals surface area contributed by atoms with Crippen LogP contribution in [0.25, 0.3) is 0 Å². The third kappa shape index (κ3) is 3.83. The molecule has 7 heteroatoms. The van der Waals surface area contributed by atoms with E-state index in [9.17, 15) is 9.59 Å². The van der Waals surface area contributed by atoms with E-state index < -0.39 is 24.2 Å². The standard InChI is InChI=1S/C17H25BrO5Si/c1-6-22-15(20)13-9-16(2,18)14(19)10-17(13,23-24(3,4)5)12-7-8-21-11-12/h7-8,11,13H,6,9-10H2,1-5H3/t13-,16-,17+/m0/s1. The van der Waals surface area contributed by atoms with Crippen LogP contribution in [-0.2, 0) is 24.4 Å². The van der Waals surface area contributed by atoms with Crippen molar-refractivity contribution in [2.24, 2.45) is 5.92 Å². The van der Waals surface area contributed by atoms with Gasteiger partial charge in [0, 0.05) is 12.0 Å². The molecule has 0 N–H and O–H groups in total. The van der Waals surface area contributed by atoms with Crippen molar-refractivity contribution >= 4 is 36.0 Å². The van der Waals surface area contributed by atoms with Gasteiger partial charge in [0.15, 0.2) is 14.1 Å². The van der Waals surface area contributed by atoms with Crippen molar-refractivity contribution in [1.29, 1.82) is 0 Å². The molecule has 1 saturated carbocycles. The Morgan fingerprint density at radius 3 is 2.62 bits per heavy atom. The maximum absolute atomic E-state index is 12.7. The topological polar surface area (TPSA) is 65.7 Å². The highest BCUT2D eigenvalue weighted by Crippen LogP contribution is 2.51. The van der Waals surface area contributed by atoms with Crippen molar-refractivity contribution in [3.8, 4) is 0 Å². The molecular weight excluding hydrogens is 392 g/mol. The van der Waals surface area contributed by atoms with Crippen LogP contribution >= 0.6 is 15.9 Å². The zero-order valence-electron chi connectivity index (χ0n) is 14.8. The van der Waals surface area contributed by atoms with Gasteiger partial charge < -0.3 is 13.6 Å². The summed E-state index contributed by atoms with van der Waals surface area (Å²) >= 11 is 3.49. The van der Waals surface area contributed by atoms with E-state index in [4.69, 9.17) is 13.6 Å². The van der Waals surface area contributed by atoms with Crippen molar-refractivity contribution in [1.82, 2.24) is 0 Å². The average Bonchev–Trinajstić information content (AvgIpc) is 2.96. The van der Waals surface area contributed by atoms with Crippen LogP contribution in [0.5, 0.6) is 0 Å². The Bertz CT molecular complexity index is 605. The van der Waals surface area contributed by atoms with Gasteiger partial charge in [0.25, 0.3) is 0 Å². The van der Waals surface area contributed by atoms with E-state index in [0.717, 1.165) is 5.56 Å². The second-order valence-electron chi connectivity index (χ2n) is 7.42. The molecule has 1 aliphatic carbocycles. The lowest BCUT2D eigenvalue weighted by molar-refractivity contribution is -0.164. The largest absolute Gasteiger partial charge is 0.472 e. The summed E-state index contributed by atoms with van der Waals surface area (Å²) in [7, 11) is -2.08. The molecule has 0 aliphatic heterocycles. The number of carbonyl (C=O) groups is 2. The molecule has 1 aliphatic rings. The summed E-state index contributed by atoms with van der Waals surface area (Å²) in [6.07, 6.45) is 3.54. The molecule has 0 unspecified atom stereocenters. The Morgan fingerprint density at radius 2 is 2.12 bits per heavy atom. The molecule has 0 aromatic carbocycles. The van der Waals surface area contributed by atoms with Crippen LogP contribution < -0.4 is 0 Å². The van der Waals surface area contributed by atoms with Crippen LogP contribution in [0.4, 0.5) is 0 Å². The van der Waals surface area contributed by atoms with E-state index in [1.165, 1.54) is 0 Å². The lowest BCUT2D eigenvalue weighted by Gasteiger charge is -2.48. The Morgan fingerprint density at radius 1 is 1.46 bits per heavy atom. The first kappa shape index (κ1) is 19.4. The number of furan rings is 1. The smallest absolute Gasteiger partial charge is 0.312 e. The van der Waals surface area contributed by atoms with E-state index in [1.54, 1.807) is 32.4 Å². The van der Waals surface area contributed by atoms with E-state index in [2.05, 4.69) is 15.9 Å². The molecule has 2 rings (SSSR count). The zero-order valence-corrected chi connectivity index (χ0v) is 17.4. The molecule has 134 valence electrons. The van der Waals surface area contributed by atoms with Crippen LogP contribution in [0.2, 0.25) is 19.6 Å². The molecule has 5 nitrogen and oxygen atoms in total. The third-order valence-electron chi connectivity index (χ3n) is 4.22. The van der Waals surface area contributed by atoms with Crippen LogP contribution in [0, 0.1) is 5.92 Å². The van der Waals surface area contributed by atoms with E-state index in [0.29, 0.717) is 6.42 Å². The summed E-state index contributed by atoms with van der Waals surface area (Å²) in [5.41, 5.74) is -0.312. The Kier molecular flexibility index (Phi) is 5.47. The fraction of sp³-hybridized carbons (Fsp3) is 0.647. The van der Waals surface area contributed by atoms with Crippen molar-refractivity contribution in [3.63, 3.8) is 0 Å². The maximum atomic E-state index is 12.7. The number of rotatable bonds is 5. The first-order valence-corrected chi connectivity index (χ1v) is 12.3. The summed E-state index contributed by atoms with van der Waals surface area (Å²) in [6.45, 7) is 10.0. The third-order valence-corrected chi connectivity index (χ3v) is 5.97. The molecular formula is C17H25BrO5Si. The van der Waals surface area contributed by atoms with Gasteiger partial charge in [-0.05, 0) is 46.0 Å². The number of esters is 1. The molecule has 0 radical (unpaired) electrons.